The highest BCUT2D eigenvalue weighted by atomic mass is 35.5. The summed E-state index contributed by atoms with van der Waals surface area (Å²) in [5, 5.41) is 0. The third kappa shape index (κ3) is 4.88. The molecule has 126 valence electrons. The number of benzene rings is 1. The van der Waals surface area contributed by atoms with Crippen LogP contribution in [-0.4, -0.2) is 42.2 Å². The van der Waals surface area contributed by atoms with Crippen molar-refractivity contribution in [2.75, 3.05) is 43.4 Å². The first-order valence-electron chi connectivity index (χ1n) is 8.04. The molecule has 2 heterocycles. The lowest BCUT2D eigenvalue weighted by atomic mass is 10.2. The number of nitrogens with two attached hydrogens (primary N) is 1. The SMILES string of the molecule is C[n+]1ccn(CCN2CCCN(c3ccc(N)cc3)CC2)c1.[Cl-]. The molecule has 0 atom stereocenters. The smallest absolute Gasteiger partial charge is 0.243 e. The van der Waals surface area contributed by atoms with Gasteiger partial charge in [0.05, 0.1) is 7.05 Å². The molecule has 1 aliphatic heterocycles. The Hall–Kier alpha value is -1.72. The summed E-state index contributed by atoms with van der Waals surface area (Å²) in [6, 6.07) is 8.24. The molecule has 6 heteroatoms. The molecule has 1 aromatic heterocycles. The van der Waals surface area contributed by atoms with E-state index in [2.05, 4.69) is 56.8 Å². The zero-order chi connectivity index (χ0) is 15.4. The summed E-state index contributed by atoms with van der Waals surface area (Å²) in [6.07, 6.45) is 7.58. The molecule has 1 fully saturated rings. The first-order chi connectivity index (χ1) is 10.7. The van der Waals surface area contributed by atoms with Gasteiger partial charge in [-0.2, -0.15) is 0 Å². The summed E-state index contributed by atoms with van der Waals surface area (Å²) in [5.74, 6) is 0. The fraction of sp³-hybridized carbons (Fsp3) is 0.471. The number of halogens is 1. The Morgan fingerprint density at radius 2 is 1.83 bits per heavy atom. The number of nitrogen functional groups attached to an aromatic ring is 1. The van der Waals surface area contributed by atoms with Crippen molar-refractivity contribution in [2.24, 2.45) is 7.05 Å². The molecule has 3 rings (SSSR count). The molecule has 1 aliphatic rings. The van der Waals surface area contributed by atoms with Crippen molar-refractivity contribution >= 4 is 11.4 Å². The number of anilines is 2. The minimum atomic E-state index is 0. The van der Waals surface area contributed by atoms with Crippen molar-refractivity contribution < 1.29 is 17.0 Å². The summed E-state index contributed by atoms with van der Waals surface area (Å²) in [4.78, 5) is 5.03. The number of aryl methyl sites for hydroxylation is 1. The molecule has 0 unspecified atom stereocenters. The maximum absolute atomic E-state index is 5.77. The fourth-order valence-electron chi connectivity index (χ4n) is 3.03. The van der Waals surface area contributed by atoms with E-state index < -0.39 is 0 Å². The summed E-state index contributed by atoms with van der Waals surface area (Å²) >= 11 is 0. The Balaban J connectivity index is 0.00000192. The monoisotopic (exact) mass is 335 g/mol. The van der Waals surface area contributed by atoms with Crippen LogP contribution in [0.4, 0.5) is 11.4 Å². The van der Waals surface area contributed by atoms with Crippen LogP contribution in [-0.2, 0) is 13.6 Å². The number of nitrogens with zero attached hydrogens (tertiary/aromatic N) is 4. The number of rotatable bonds is 4. The molecule has 0 saturated carbocycles. The highest BCUT2D eigenvalue weighted by molar-refractivity contribution is 5.53. The van der Waals surface area contributed by atoms with Gasteiger partial charge in [0, 0.05) is 44.1 Å². The lowest BCUT2D eigenvalue weighted by Gasteiger charge is -2.23. The highest BCUT2D eigenvalue weighted by Gasteiger charge is 2.15. The average molecular weight is 336 g/mol. The molecule has 1 aromatic carbocycles. The molecule has 2 N–H and O–H groups in total. The molecule has 0 amide bonds. The van der Waals surface area contributed by atoms with Crippen molar-refractivity contribution in [3.8, 4) is 0 Å². The summed E-state index contributed by atoms with van der Waals surface area (Å²) in [5.41, 5.74) is 7.89. The van der Waals surface area contributed by atoms with Gasteiger partial charge in [0.1, 0.15) is 18.9 Å². The van der Waals surface area contributed by atoms with Gasteiger partial charge < -0.3 is 23.0 Å². The van der Waals surface area contributed by atoms with E-state index in [9.17, 15) is 0 Å². The van der Waals surface area contributed by atoms with Crippen LogP contribution in [0.3, 0.4) is 0 Å². The van der Waals surface area contributed by atoms with E-state index in [4.69, 9.17) is 5.73 Å². The van der Waals surface area contributed by atoms with E-state index in [1.807, 2.05) is 12.1 Å². The fourth-order valence-corrected chi connectivity index (χ4v) is 3.03. The van der Waals surface area contributed by atoms with Gasteiger partial charge >= 0.3 is 0 Å². The standard InChI is InChI=1S/C17H26N5.ClH/c1-19-9-10-21(15-19)12-11-20-7-2-8-22(14-13-20)17-5-3-16(18)4-6-17;/h3-6,9-10,15H,2,7-8,11-14,18H2,1H3;1H/q+1;/p-1. The van der Waals surface area contributed by atoms with Crippen LogP contribution < -0.4 is 27.6 Å². The van der Waals surface area contributed by atoms with Crippen LogP contribution in [0.15, 0.2) is 43.0 Å². The van der Waals surface area contributed by atoms with E-state index in [0.29, 0.717) is 0 Å². The van der Waals surface area contributed by atoms with Crippen molar-refractivity contribution in [2.45, 2.75) is 13.0 Å². The van der Waals surface area contributed by atoms with E-state index in [-0.39, 0.29) is 12.4 Å². The maximum atomic E-state index is 5.77. The number of imidazole rings is 1. The Bertz CT molecular complexity index is 595. The topological polar surface area (TPSA) is 41.3 Å². The van der Waals surface area contributed by atoms with Gasteiger partial charge in [0.15, 0.2) is 0 Å². The average Bonchev–Trinajstić information content (AvgIpc) is 2.80. The second kappa shape index (κ2) is 8.22. The Morgan fingerprint density at radius 1 is 1.04 bits per heavy atom. The normalized spacial score (nSPS) is 16.0. The van der Waals surface area contributed by atoms with Crippen molar-refractivity contribution in [3.63, 3.8) is 0 Å². The molecule has 0 bridgehead atoms. The van der Waals surface area contributed by atoms with Gasteiger partial charge in [0.25, 0.3) is 0 Å². The minimum Gasteiger partial charge on any atom is -1.00 e. The van der Waals surface area contributed by atoms with Gasteiger partial charge in [-0.1, -0.05) is 0 Å². The zero-order valence-electron chi connectivity index (χ0n) is 13.7. The minimum absolute atomic E-state index is 0. The second-order valence-corrected chi connectivity index (χ2v) is 6.09. The van der Waals surface area contributed by atoms with Crippen LogP contribution in [0.2, 0.25) is 0 Å². The molecule has 5 nitrogen and oxygen atoms in total. The van der Waals surface area contributed by atoms with Crippen LogP contribution in [0.1, 0.15) is 6.42 Å². The molecule has 1 saturated heterocycles. The zero-order valence-corrected chi connectivity index (χ0v) is 14.5. The maximum Gasteiger partial charge on any atom is 0.243 e. The van der Waals surface area contributed by atoms with E-state index in [0.717, 1.165) is 38.4 Å². The third-order valence-corrected chi connectivity index (χ3v) is 4.34. The van der Waals surface area contributed by atoms with Gasteiger partial charge in [-0.3, -0.25) is 4.90 Å². The van der Waals surface area contributed by atoms with Crippen LogP contribution >= 0.6 is 0 Å². The molecule has 0 radical (unpaired) electrons. The predicted octanol–water partition coefficient (Wildman–Crippen LogP) is -1.89. The third-order valence-electron chi connectivity index (χ3n) is 4.34. The Morgan fingerprint density at radius 3 is 2.52 bits per heavy atom. The number of aromatic nitrogens is 2. The molecule has 23 heavy (non-hydrogen) atoms. The van der Waals surface area contributed by atoms with Gasteiger partial charge in [-0.25, -0.2) is 9.13 Å². The van der Waals surface area contributed by atoms with Crippen LogP contribution in [0.5, 0.6) is 0 Å². The lowest BCUT2D eigenvalue weighted by Crippen LogP contribution is -3.00. The van der Waals surface area contributed by atoms with Crippen LogP contribution in [0, 0.1) is 0 Å². The van der Waals surface area contributed by atoms with Gasteiger partial charge in [0.2, 0.25) is 6.33 Å². The highest BCUT2D eigenvalue weighted by Crippen LogP contribution is 2.18. The largest absolute Gasteiger partial charge is 1.00 e. The summed E-state index contributed by atoms with van der Waals surface area (Å²) in [7, 11) is 2.06. The number of hydrogen-bond donors (Lipinski definition) is 1. The van der Waals surface area contributed by atoms with Crippen molar-refractivity contribution in [1.29, 1.82) is 0 Å². The first kappa shape index (κ1) is 17.6. The molecular formula is C17H26ClN5. The lowest BCUT2D eigenvalue weighted by molar-refractivity contribution is -0.671. The molecule has 0 spiro atoms. The Kier molecular flexibility index (Phi) is 6.30. The van der Waals surface area contributed by atoms with Crippen LogP contribution in [0.25, 0.3) is 0 Å². The van der Waals surface area contributed by atoms with Crippen molar-refractivity contribution in [1.82, 2.24) is 9.47 Å². The van der Waals surface area contributed by atoms with E-state index >= 15 is 0 Å². The quantitative estimate of drug-likeness (QED) is 0.525. The van der Waals surface area contributed by atoms with E-state index in [1.54, 1.807) is 0 Å². The Labute approximate surface area is 144 Å². The van der Waals surface area contributed by atoms with Gasteiger partial charge in [-0.05, 0) is 30.7 Å². The molecule has 0 aliphatic carbocycles. The van der Waals surface area contributed by atoms with Crippen molar-refractivity contribution in [3.05, 3.63) is 43.0 Å². The number of hydrogen-bond acceptors (Lipinski definition) is 3. The molecule has 2 aromatic rings. The summed E-state index contributed by atoms with van der Waals surface area (Å²) in [6.45, 7) is 6.69. The molecular weight excluding hydrogens is 310 g/mol. The van der Waals surface area contributed by atoms with Gasteiger partial charge in [-0.15, -0.1) is 0 Å². The first-order valence-corrected chi connectivity index (χ1v) is 8.04. The predicted molar refractivity (Wildman–Crippen MR) is 89.7 cm³/mol. The second-order valence-electron chi connectivity index (χ2n) is 6.09. The van der Waals surface area contributed by atoms with E-state index in [1.165, 1.54) is 18.7 Å². The summed E-state index contributed by atoms with van der Waals surface area (Å²) < 4.78 is 4.34.